The van der Waals surface area contributed by atoms with Crippen LogP contribution in [0.25, 0.3) is 34.3 Å². The topological polar surface area (TPSA) is 57.4 Å². The van der Waals surface area contributed by atoms with Gasteiger partial charge in [0.15, 0.2) is 17.2 Å². The maximum Gasteiger partial charge on any atom is 0.188 e. The number of ketones is 1. The van der Waals surface area contributed by atoms with Gasteiger partial charge in [0.2, 0.25) is 0 Å². The molecule has 2 aromatic carbocycles. The number of aliphatic imine (C=N–C) groups is 1. The Balaban J connectivity index is 1.84. The Morgan fingerprint density at radius 2 is 2.00 bits per heavy atom. The number of carbonyl (C=O) groups is 1. The molecular formula is C25H15N3O2. The minimum absolute atomic E-state index is 0.0326. The second-order valence-electron chi connectivity index (χ2n) is 7.89. The lowest BCUT2D eigenvalue weighted by molar-refractivity contribution is 0.104. The minimum Gasteiger partial charge on any atom is -0.617 e. The molecule has 0 saturated carbocycles. The summed E-state index contributed by atoms with van der Waals surface area (Å²) in [4.78, 5) is 17.4. The Kier molecular flexibility index (Phi) is 2.79. The van der Waals surface area contributed by atoms with E-state index in [0.29, 0.717) is 23.5 Å². The van der Waals surface area contributed by atoms with Crippen molar-refractivity contribution in [2.45, 2.75) is 6.54 Å². The van der Waals surface area contributed by atoms with E-state index < -0.39 is 4.65 Å². The monoisotopic (exact) mass is 389 g/mol. The van der Waals surface area contributed by atoms with Crippen LogP contribution in [0.3, 0.4) is 0 Å². The molecule has 3 aliphatic heterocycles. The molecule has 1 unspecified atom stereocenters. The van der Waals surface area contributed by atoms with Gasteiger partial charge < -0.3 is 9.77 Å². The normalized spacial score (nSPS) is 23.7. The zero-order valence-electron chi connectivity index (χ0n) is 15.9. The van der Waals surface area contributed by atoms with Crippen molar-refractivity contribution in [1.82, 2.24) is 9.21 Å². The lowest BCUT2D eigenvalue weighted by Crippen LogP contribution is -2.30. The molecule has 5 heteroatoms. The van der Waals surface area contributed by atoms with Crippen LogP contribution >= 0.6 is 0 Å². The summed E-state index contributed by atoms with van der Waals surface area (Å²) in [5, 5.41) is 17.1. The van der Waals surface area contributed by atoms with Crippen molar-refractivity contribution in [3.63, 3.8) is 0 Å². The molecule has 1 atom stereocenters. The summed E-state index contributed by atoms with van der Waals surface area (Å²) in [6.45, 7) is 0.580. The quantitative estimate of drug-likeness (QED) is 0.436. The van der Waals surface area contributed by atoms with Gasteiger partial charge in [0.1, 0.15) is 11.7 Å². The van der Waals surface area contributed by atoms with Gasteiger partial charge in [-0.1, -0.05) is 30.4 Å². The summed E-state index contributed by atoms with van der Waals surface area (Å²) in [6.07, 6.45) is 16.4. The molecule has 0 fully saturated rings. The first-order chi connectivity index (χ1) is 14.7. The molecular weight excluding hydrogens is 374 g/mol. The Morgan fingerprint density at radius 3 is 2.93 bits per heavy atom. The molecule has 7 rings (SSSR count). The predicted molar refractivity (Wildman–Crippen MR) is 120 cm³/mol. The Hall–Kier alpha value is -3.80. The largest absolute Gasteiger partial charge is 0.617 e. The van der Waals surface area contributed by atoms with E-state index in [1.165, 1.54) is 0 Å². The van der Waals surface area contributed by atoms with Crippen molar-refractivity contribution in [1.29, 1.82) is 0 Å². The average Bonchev–Trinajstić information content (AvgIpc) is 3.42. The summed E-state index contributed by atoms with van der Waals surface area (Å²) >= 11 is 0. The number of para-hydroxylation sites is 1. The van der Waals surface area contributed by atoms with Crippen molar-refractivity contribution in [3.8, 4) is 11.1 Å². The van der Waals surface area contributed by atoms with Gasteiger partial charge in [-0.15, -0.1) is 0 Å². The first kappa shape index (κ1) is 16.0. The molecule has 1 aliphatic carbocycles. The van der Waals surface area contributed by atoms with Crippen LogP contribution < -0.4 is 15.2 Å². The molecule has 30 heavy (non-hydrogen) atoms. The number of carbonyl (C=O) groups excluding carboxylic acids is 1. The standard InChI is InChI=1S/C25H15N3O2/c29-20-10-6-8-18-23(20)22-17-14-26-13-16(17)21-15-7-2-3-9-19(15)28(30)12-5-1-4-11-27(18)24(22)25(21)28/h1-10,12-14H,11H2/b4-1-,12-5+. The summed E-state index contributed by atoms with van der Waals surface area (Å²) in [5.74, 6) is -0.0326. The molecule has 0 spiro atoms. The molecule has 0 N–H and O–H groups in total. The fourth-order valence-electron chi connectivity index (χ4n) is 5.30. The molecule has 4 aliphatic rings. The van der Waals surface area contributed by atoms with Gasteiger partial charge in [-0.25, -0.2) is 0 Å². The number of fused-ring (bicyclic) bond motifs is 9. The molecule has 0 amide bonds. The average molecular weight is 389 g/mol. The van der Waals surface area contributed by atoms with Gasteiger partial charge in [-0.2, -0.15) is 0 Å². The van der Waals surface area contributed by atoms with Gasteiger partial charge in [0.05, 0.1) is 22.0 Å². The highest BCUT2D eigenvalue weighted by Gasteiger charge is 2.42. The Bertz CT molecular complexity index is 1600. The van der Waals surface area contributed by atoms with Crippen molar-refractivity contribution >= 4 is 46.6 Å². The Morgan fingerprint density at radius 1 is 1.10 bits per heavy atom. The van der Waals surface area contributed by atoms with Crippen molar-refractivity contribution in [3.05, 3.63) is 87.7 Å². The zero-order valence-corrected chi connectivity index (χ0v) is 15.9. The second-order valence-corrected chi connectivity index (χ2v) is 7.89. The number of benzene rings is 2. The molecule has 142 valence electrons. The highest BCUT2D eigenvalue weighted by atomic mass is 16.5. The number of quaternary nitrogens is 1. The van der Waals surface area contributed by atoms with E-state index in [2.05, 4.69) is 9.56 Å². The van der Waals surface area contributed by atoms with Crippen molar-refractivity contribution in [2.24, 2.45) is 4.99 Å². The minimum atomic E-state index is -0.683. The van der Waals surface area contributed by atoms with Gasteiger partial charge in [-0.3, -0.25) is 14.4 Å². The number of hydroxylamine groups is 1. The van der Waals surface area contributed by atoms with E-state index in [9.17, 15) is 10.0 Å². The third-order valence-corrected chi connectivity index (χ3v) is 6.44. The van der Waals surface area contributed by atoms with Crippen molar-refractivity contribution in [2.75, 3.05) is 0 Å². The number of nitrogens with zero attached hydrogens (tertiary/aromatic N) is 3. The van der Waals surface area contributed by atoms with Gasteiger partial charge in [0.25, 0.3) is 0 Å². The number of aromatic nitrogens is 1. The fraction of sp³-hybridized carbons (Fsp3) is 0.0400. The van der Waals surface area contributed by atoms with Crippen LogP contribution in [-0.4, -0.2) is 16.6 Å². The van der Waals surface area contributed by atoms with E-state index in [1.807, 2.05) is 61.0 Å². The fourth-order valence-corrected chi connectivity index (χ4v) is 5.30. The first-order valence-corrected chi connectivity index (χ1v) is 9.93. The zero-order chi connectivity index (χ0) is 20.0. The summed E-state index contributed by atoms with van der Waals surface area (Å²) in [7, 11) is 0. The second kappa shape index (κ2) is 5.21. The molecule has 5 nitrogen and oxygen atoms in total. The van der Waals surface area contributed by atoms with Crippen LogP contribution in [0.2, 0.25) is 0 Å². The maximum absolute atomic E-state index is 14.5. The number of hydrogen-bond donors (Lipinski definition) is 0. The third kappa shape index (κ3) is 1.67. The lowest BCUT2D eigenvalue weighted by atomic mass is 9.94. The van der Waals surface area contributed by atoms with E-state index in [-0.39, 0.29) is 5.78 Å². The molecule has 1 aromatic heterocycles. The highest BCUT2D eigenvalue weighted by molar-refractivity contribution is 6.22. The van der Waals surface area contributed by atoms with Crippen LogP contribution in [0.5, 0.6) is 0 Å². The van der Waals surface area contributed by atoms with E-state index in [0.717, 1.165) is 38.2 Å². The predicted octanol–water partition coefficient (Wildman–Crippen LogP) is 3.55. The number of hydrogen-bond acceptors (Lipinski definition) is 3. The lowest BCUT2D eigenvalue weighted by Gasteiger charge is -2.35. The molecule has 4 heterocycles. The smallest absolute Gasteiger partial charge is 0.188 e. The van der Waals surface area contributed by atoms with E-state index >= 15 is 0 Å². The molecule has 0 radical (unpaired) electrons. The van der Waals surface area contributed by atoms with Crippen molar-refractivity contribution < 1.29 is 4.79 Å². The summed E-state index contributed by atoms with van der Waals surface area (Å²) in [5.41, 5.74) is 5.61. The van der Waals surface area contributed by atoms with Crippen LogP contribution in [0.1, 0.15) is 15.9 Å². The van der Waals surface area contributed by atoms with Crippen LogP contribution in [0.4, 0.5) is 11.4 Å². The third-order valence-electron chi connectivity index (χ3n) is 6.44. The molecule has 0 saturated heterocycles. The summed E-state index contributed by atoms with van der Waals surface area (Å²) < 4.78 is 1.43. The van der Waals surface area contributed by atoms with Gasteiger partial charge in [0, 0.05) is 41.2 Å². The first-order valence-electron chi connectivity index (χ1n) is 9.93. The number of allylic oxidation sites excluding steroid dienone is 5. The van der Waals surface area contributed by atoms with Crippen LogP contribution in [0, 0.1) is 5.21 Å². The molecule has 0 bridgehead atoms. The Labute approximate surface area is 171 Å². The maximum atomic E-state index is 14.5. The van der Waals surface area contributed by atoms with Gasteiger partial charge in [-0.05, 0) is 24.3 Å². The SMILES string of the molecule is O=C1C=CC=c2c1c1c3c(c4c5c1n2C/C=C\C=C\[N+]5([O-])c1ccccc1-4)C=NC=3. The molecule has 3 aromatic rings. The number of rotatable bonds is 0. The van der Waals surface area contributed by atoms with E-state index in [1.54, 1.807) is 18.4 Å². The highest BCUT2D eigenvalue weighted by Crippen LogP contribution is 2.56. The van der Waals surface area contributed by atoms with E-state index in [4.69, 9.17) is 0 Å². The summed E-state index contributed by atoms with van der Waals surface area (Å²) in [6, 6.07) is 7.77. The van der Waals surface area contributed by atoms with Gasteiger partial charge >= 0.3 is 0 Å². The van der Waals surface area contributed by atoms with Crippen LogP contribution in [-0.2, 0) is 6.54 Å². The van der Waals surface area contributed by atoms with Crippen LogP contribution in [0.15, 0.2) is 65.8 Å².